The molecule has 2 aromatic carbocycles. The van der Waals surface area contributed by atoms with Gasteiger partial charge in [0.1, 0.15) is 0 Å². The van der Waals surface area contributed by atoms with E-state index in [9.17, 15) is 0 Å². The molecule has 0 unspecified atom stereocenters. The summed E-state index contributed by atoms with van der Waals surface area (Å²) in [5, 5.41) is 1.26. The quantitative estimate of drug-likeness (QED) is 0.766. The number of aromatic nitrogens is 1. The zero-order valence-electron chi connectivity index (χ0n) is 11.4. The molecule has 102 valence electrons. The Kier molecular flexibility index (Phi) is 3.64. The molecule has 0 spiro atoms. The van der Waals surface area contributed by atoms with Gasteiger partial charge in [0.25, 0.3) is 0 Å². The molecule has 0 aliphatic heterocycles. The fourth-order valence-corrected chi connectivity index (χ4v) is 3.18. The third-order valence-corrected chi connectivity index (χ3v) is 4.72. The van der Waals surface area contributed by atoms with Crippen molar-refractivity contribution in [2.45, 2.75) is 20.0 Å². The molecule has 3 aromatic rings. The van der Waals surface area contributed by atoms with Crippen LogP contribution in [0.3, 0.4) is 0 Å². The van der Waals surface area contributed by atoms with E-state index in [0.29, 0.717) is 6.54 Å². The van der Waals surface area contributed by atoms with Gasteiger partial charge in [-0.05, 0) is 40.0 Å². The van der Waals surface area contributed by atoms with E-state index in [1.807, 2.05) is 0 Å². The maximum Gasteiger partial charge on any atom is 0.0497 e. The van der Waals surface area contributed by atoms with Crippen LogP contribution in [-0.2, 0) is 13.1 Å². The van der Waals surface area contributed by atoms with E-state index in [1.165, 1.54) is 32.2 Å². The maximum atomic E-state index is 5.72. The molecule has 1 heterocycles. The molecule has 20 heavy (non-hydrogen) atoms. The van der Waals surface area contributed by atoms with Crippen LogP contribution >= 0.6 is 15.9 Å². The van der Waals surface area contributed by atoms with Gasteiger partial charge in [0.2, 0.25) is 0 Å². The Labute approximate surface area is 127 Å². The van der Waals surface area contributed by atoms with Crippen LogP contribution in [0.2, 0.25) is 0 Å². The molecule has 0 atom stereocenters. The van der Waals surface area contributed by atoms with Crippen molar-refractivity contribution in [2.24, 2.45) is 5.73 Å². The van der Waals surface area contributed by atoms with Crippen LogP contribution in [0.1, 0.15) is 16.8 Å². The highest BCUT2D eigenvalue weighted by Gasteiger charge is 2.11. The van der Waals surface area contributed by atoms with Crippen molar-refractivity contribution in [3.8, 4) is 0 Å². The first-order valence-electron chi connectivity index (χ1n) is 6.72. The molecule has 0 radical (unpaired) electrons. The molecule has 2 nitrogen and oxygen atoms in total. The molecular weight excluding hydrogens is 312 g/mol. The van der Waals surface area contributed by atoms with E-state index in [1.54, 1.807) is 0 Å². The van der Waals surface area contributed by atoms with E-state index in [0.717, 1.165) is 6.54 Å². The van der Waals surface area contributed by atoms with Crippen LogP contribution in [0.15, 0.2) is 53.0 Å². The molecule has 0 fully saturated rings. The van der Waals surface area contributed by atoms with Crippen LogP contribution in [0.25, 0.3) is 10.9 Å². The summed E-state index contributed by atoms with van der Waals surface area (Å²) in [4.78, 5) is 0. The van der Waals surface area contributed by atoms with Crippen LogP contribution in [0.5, 0.6) is 0 Å². The van der Waals surface area contributed by atoms with Gasteiger partial charge in [0.15, 0.2) is 0 Å². The number of fused-ring (bicyclic) bond motifs is 1. The fraction of sp³-hybridized carbons (Fsp3) is 0.176. The Balaban J connectivity index is 2.08. The molecule has 0 aliphatic carbocycles. The first kappa shape index (κ1) is 13.4. The topological polar surface area (TPSA) is 30.9 Å². The number of halogens is 1. The second-order valence-electron chi connectivity index (χ2n) is 5.03. The standard InChI is InChI=1S/C17H17BrN2/c1-12-17(18)15-7-2-3-8-16(15)20(12)11-14-6-4-5-13(9-14)10-19/h2-9H,10-11,19H2,1H3. The summed E-state index contributed by atoms with van der Waals surface area (Å²) in [6.07, 6.45) is 0. The minimum Gasteiger partial charge on any atom is -0.339 e. The van der Waals surface area contributed by atoms with Gasteiger partial charge < -0.3 is 10.3 Å². The van der Waals surface area contributed by atoms with Crippen molar-refractivity contribution in [2.75, 3.05) is 0 Å². The van der Waals surface area contributed by atoms with Gasteiger partial charge in [-0.25, -0.2) is 0 Å². The van der Waals surface area contributed by atoms with Crippen LogP contribution in [0, 0.1) is 6.92 Å². The van der Waals surface area contributed by atoms with Crippen molar-refractivity contribution in [3.63, 3.8) is 0 Å². The molecule has 0 saturated carbocycles. The average molecular weight is 329 g/mol. The summed E-state index contributed by atoms with van der Waals surface area (Å²) >= 11 is 3.70. The molecule has 0 amide bonds. The predicted octanol–water partition coefficient (Wildman–Crippen LogP) is 4.22. The Hall–Kier alpha value is -1.58. The summed E-state index contributed by atoms with van der Waals surface area (Å²) in [5.74, 6) is 0. The predicted molar refractivity (Wildman–Crippen MR) is 87.8 cm³/mol. The maximum absolute atomic E-state index is 5.72. The van der Waals surface area contributed by atoms with Crippen molar-refractivity contribution in [1.82, 2.24) is 4.57 Å². The molecule has 0 bridgehead atoms. The monoisotopic (exact) mass is 328 g/mol. The van der Waals surface area contributed by atoms with Gasteiger partial charge >= 0.3 is 0 Å². The molecule has 0 aliphatic rings. The highest BCUT2D eigenvalue weighted by atomic mass is 79.9. The highest BCUT2D eigenvalue weighted by Crippen LogP contribution is 2.31. The Morgan fingerprint density at radius 3 is 2.60 bits per heavy atom. The molecule has 2 N–H and O–H groups in total. The summed E-state index contributed by atoms with van der Waals surface area (Å²) in [6.45, 7) is 3.60. The van der Waals surface area contributed by atoms with E-state index in [2.05, 4.69) is 76.0 Å². The van der Waals surface area contributed by atoms with Gasteiger partial charge in [-0.3, -0.25) is 0 Å². The van der Waals surface area contributed by atoms with E-state index in [-0.39, 0.29) is 0 Å². The Bertz CT molecular complexity index is 759. The zero-order chi connectivity index (χ0) is 14.1. The molecular formula is C17H17BrN2. The van der Waals surface area contributed by atoms with Crippen molar-refractivity contribution in [3.05, 3.63) is 69.8 Å². The Morgan fingerprint density at radius 2 is 1.80 bits per heavy atom. The fourth-order valence-electron chi connectivity index (χ4n) is 2.63. The molecule has 3 rings (SSSR count). The summed E-state index contributed by atoms with van der Waals surface area (Å²) in [5.41, 5.74) is 10.7. The van der Waals surface area contributed by atoms with E-state index < -0.39 is 0 Å². The lowest BCUT2D eigenvalue weighted by atomic mass is 10.1. The first-order valence-corrected chi connectivity index (χ1v) is 7.51. The van der Waals surface area contributed by atoms with Gasteiger partial charge in [-0.15, -0.1) is 0 Å². The van der Waals surface area contributed by atoms with Crippen molar-refractivity contribution < 1.29 is 0 Å². The minimum atomic E-state index is 0.586. The lowest BCUT2D eigenvalue weighted by molar-refractivity contribution is 0.800. The van der Waals surface area contributed by atoms with Gasteiger partial charge in [0.05, 0.1) is 0 Å². The summed E-state index contributed by atoms with van der Waals surface area (Å²) in [6, 6.07) is 17.0. The zero-order valence-corrected chi connectivity index (χ0v) is 13.0. The van der Waals surface area contributed by atoms with E-state index in [4.69, 9.17) is 5.73 Å². The van der Waals surface area contributed by atoms with Crippen molar-refractivity contribution >= 4 is 26.8 Å². The van der Waals surface area contributed by atoms with E-state index >= 15 is 0 Å². The lowest BCUT2D eigenvalue weighted by Crippen LogP contribution is -2.03. The number of nitrogens with two attached hydrogens (primary N) is 1. The highest BCUT2D eigenvalue weighted by molar-refractivity contribution is 9.10. The van der Waals surface area contributed by atoms with Crippen LogP contribution < -0.4 is 5.73 Å². The van der Waals surface area contributed by atoms with Crippen molar-refractivity contribution in [1.29, 1.82) is 0 Å². The van der Waals surface area contributed by atoms with Gasteiger partial charge in [-0.2, -0.15) is 0 Å². The summed E-state index contributed by atoms with van der Waals surface area (Å²) in [7, 11) is 0. The molecule has 0 saturated heterocycles. The largest absolute Gasteiger partial charge is 0.339 e. The first-order chi connectivity index (χ1) is 9.70. The van der Waals surface area contributed by atoms with Crippen LogP contribution in [0.4, 0.5) is 0 Å². The SMILES string of the molecule is Cc1c(Br)c2ccccc2n1Cc1cccc(CN)c1. The lowest BCUT2D eigenvalue weighted by Gasteiger charge is -2.09. The second kappa shape index (κ2) is 5.43. The smallest absolute Gasteiger partial charge is 0.0497 e. The van der Waals surface area contributed by atoms with Gasteiger partial charge in [0, 0.05) is 34.2 Å². The number of para-hydroxylation sites is 1. The minimum absolute atomic E-state index is 0.586. The normalized spacial score (nSPS) is 11.2. The van der Waals surface area contributed by atoms with Gasteiger partial charge in [-0.1, -0.05) is 42.5 Å². The number of nitrogens with zero attached hydrogens (tertiary/aromatic N) is 1. The second-order valence-corrected chi connectivity index (χ2v) is 5.82. The van der Waals surface area contributed by atoms with Crippen LogP contribution in [-0.4, -0.2) is 4.57 Å². The number of benzene rings is 2. The Morgan fingerprint density at radius 1 is 1.05 bits per heavy atom. The summed E-state index contributed by atoms with van der Waals surface area (Å²) < 4.78 is 3.53. The molecule has 1 aromatic heterocycles. The average Bonchev–Trinajstić information content (AvgIpc) is 2.73. The number of hydrogen-bond donors (Lipinski definition) is 1. The number of rotatable bonds is 3. The molecule has 3 heteroatoms. The third kappa shape index (κ3) is 2.28. The third-order valence-electron chi connectivity index (χ3n) is 3.72. The number of hydrogen-bond acceptors (Lipinski definition) is 1.